The van der Waals surface area contributed by atoms with Gasteiger partial charge in [-0.1, -0.05) is 18.2 Å². The molecule has 0 bridgehead atoms. The molecule has 9 heteroatoms. The third-order valence-corrected chi connectivity index (χ3v) is 7.20. The molecule has 1 aliphatic rings. The van der Waals surface area contributed by atoms with Crippen LogP contribution in [-0.4, -0.2) is 61.7 Å². The van der Waals surface area contributed by atoms with Gasteiger partial charge in [0, 0.05) is 29.2 Å². The van der Waals surface area contributed by atoms with Gasteiger partial charge in [0.2, 0.25) is 0 Å². The van der Waals surface area contributed by atoms with E-state index in [2.05, 4.69) is 4.98 Å². The highest BCUT2D eigenvalue weighted by Crippen LogP contribution is 2.42. The molecule has 1 atom stereocenters. The average Bonchev–Trinajstić information content (AvgIpc) is 3.52. The molecule has 1 amide bonds. The van der Waals surface area contributed by atoms with Crippen molar-refractivity contribution in [1.29, 1.82) is 0 Å². The van der Waals surface area contributed by atoms with E-state index in [0.717, 1.165) is 22.2 Å². The Bertz CT molecular complexity index is 1620. The van der Waals surface area contributed by atoms with Crippen molar-refractivity contribution in [3.05, 3.63) is 89.1 Å². The summed E-state index contributed by atoms with van der Waals surface area (Å²) in [6, 6.07) is 16.8. The fourth-order valence-corrected chi connectivity index (χ4v) is 5.14. The number of aromatic amines is 1. The van der Waals surface area contributed by atoms with Gasteiger partial charge in [0.15, 0.2) is 11.5 Å². The van der Waals surface area contributed by atoms with Gasteiger partial charge in [-0.3, -0.25) is 9.59 Å². The van der Waals surface area contributed by atoms with E-state index in [1.807, 2.05) is 24.4 Å². The number of hydrogen-bond acceptors (Lipinski definition) is 7. The highest BCUT2D eigenvalue weighted by molar-refractivity contribution is 6.46. The van der Waals surface area contributed by atoms with Gasteiger partial charge in [0.25, 0.3) is 11.7 Å². The Balaban J connectivity index is 1.60. The lowest BCUT2D eigenvalue weighted by molar-refractivity contribution is -0.139. The summed E-state index contributed by atoms with van der Waals surface area (Å²) in [5, 5.41) is 12.4. The number of rotatable bonds is 9. The zero-order chi connectivity index (χ0) is 28.4. The predicted octanol–water partition coefficient (Wildman–Crippen LogP) is 4.87. The summed E-state index contributed by atoms with van der Waals surface area (Å²) in [6.07, 6.45) is 2.35. The number of aliphatic hydroxyl groups excluding tert-OH is 1. The first-order valence-corrected chi connectivity index (χ1v) is 12.7. The number of likely N-dealkylation sites (tertiary alicyclic amines) is 1. The summed E-state index contributed by atoms with van der Waals surface area (Å²) >= 11 is 0. The molecule has 2 heterocycles. The van der Waals surface area contributed by atoms with Crippen LogP contribution in [0.2, 0.25) is 0 Å². The molecule has 1 aromatic heterocycles. The normalized spacial score (nSPS) is 16.4. The summed E-state index contributed by atoms with van der Waals surface area (Å²) in [7, 11) is 6.17. The second-order valence-electron chi connectivity index (χ2n) is 9.31. The number of aromatic nitrogens is 1. The number of hydrogen-bond donors (Lipinski definition) is 2. The largest absolute Gasteiger partial charge is 0.507 e. The van der Waals surface area contributed by atoms with Crippen molar-refractivity contribution in [2.24, 2.45) is 0 Å². The molecule has 206 valence electrons. The van der Waals surface area contributed by atoms with Crippen LogP contribution in [0.5, 0.6) is 23.0 Å². The molecule has 0 aliphatic carbocycles. The molecular formula is C31H30N2O7. The predicted molar refractivity (Wildman–Crippen MR) is 150 cm³/mol. The third-order valence-electron chi connectivity index (χ3n) is 7.20. The van der Waals surface area contributed by atoms with Crippen LogP contribution in [0.25, 0.3) is 16.7 Å². The van der Waals surface area contributed by atoms with Crippen LogP contribution in [0.15, 0.2) is 72.4 Å². The van der Waals surface area contributed by atoms with Crippen LogP contribution < -0.4 is 18.9 Å². The number of fused-ring (bicyclic) bond motifs is 1. The minimum atomic E-state index is -0.856. The van der Waals surface area contributed by atoms with E-state index in [1.165, 1.54) is 26.2 Å². The van der Waals surface area contributed by atoms with Crippen LogP contribution in [0.4, 0.5) is 0 Å². The number of methoxy groups -OCH3 is 4. The number of carbonyl (C=O) groups is 2. The molecule has 0 spiro atoms. The molecule has 3 aromatic carbocycles. The first-order valence-electron chi connectivity index (χ1n) is 12.7. The molecule has 0 saturated carbocycles. The lowest BCUT2D eigenvalue weighted by Crippen LogP contribution is -2.31. The number of carbonyl (C=O) groups excluding carboxylic acids is 2. The van der Waals surface area contributed by atoms with E-state index in [1.54, 1.807) is 49.6 Å². The maximum Gasteiger partial charge on any atom is 0.295 e. The molecule has 9 nitrogen and oxygen atoms in total. The minimum Gasteiger partial charge on any atom is -0.507 e. The van der Waals surface area contributed by atoms with Gasteiger partial charge < -0.3 is 33.9 Å². The third kappa shape index (κ3) is 4.70. The Labute approximate surface area is 231 Å². The maximum absolute atomic E-state index is 13.5. The van der Waals surface area contributed by atoms with Crippen LogP contribution in [0.3, 0.4) is 0 Å². The van der Waals surface area contributed by atoms with E-state index in [-0.39, 0.29) is 17.9 Å². The quantitative estimate of drug-likeness (QED) is 0.176. The van der Waals surface area contributed by atoms with Crippen LogP contribution in [0.1, 0.15) is 22.7 Å². The summed E-state index contributed by atoms with van der Waals surface area (Å²) in [4.78, 5) is 31.7. The Hall–Kier alpha value is -4.92. The van der Waals surface area contributed by atoms with E-state index < -0.39 is 17.7 Å². The van der Waals surface area contributed by atoms with Crippen molar-refractivity contribution in [3.8, 4) is 23.0 Å². The number of ether oxygens (including phenoxy) is 4. The van der Waals surface area contributed by atoms with Gasteiger partial charge in [0.1, 0.15) is 17.3 Å². The summed E-state index contributed by atoms with van der Waals surface area (Å²) in [6.45, 7) is 0.225. The lowest BCUT2D eigenvalue weighted by Gasteiger charge is -2.26. The number of nitrogens with zero attached hydrogens (tertiary/aromatic N) is 1. The highest BCUT2D eigenvalue weighted by atomic mass is 16.5. The van der Waals surface area contributed by atoms with E-state index in [0.29, 0.717) is 34.8 Å². The van der Waals surface area contributed by atoms with Crippen LogP contribution in [-0.2, 0) is 16.0 Å². The van der Waals surface area contributed by atoms with Gasteiger partial charge >= 0.3 is 0 Å². The Morgan fingerprint density at radius 1 is 0.875 bits per heavy atom. The first kappa shape index (κ1) is 26.7. The molecule has 1 saturated heterocycles. The molecule has 1 aliphatic heterocycles. The topological polar surface area (TPSA) is 110 Å². The number of ketones is 1. The number of Topliss-reactive ketones (excluding diaryl/α,β-unsaturated/α-hetero) is 1. The molecular weight excluding hydrogens is 512 g/mol. The number of benzene rings is 3. The summed E-state index contributed by atoms with van der Waals surface area (Å²) in [5.41, 5.74) is 2.86. The number of H-pyrrole nitrogens is 1. The molecule has 4 aromatic rings. The SMILES string of the molecule is COc1cccc(C(O)=C2C(=O)C(=O)N(CCc3c[nH]c4ccc(OC)cc34)[C@H]2c2ccc(OC)c(OC)c2)c1. The van der Waals surface area contributed by atoms with Gasteiger partial charge in [-0.2, -0.15) is 0 Å². The fraction of sp³-hybridized carbons (Fsp3) is 0.226. The second kappa shape index (κ2) is 11.1. The molecule has 0 radical (unpaired) electrons. The summed E-state index contributed by atoms with van der Waals surface area (Å²) < 4.78 is 21.6. The molecule has 0 unspecified atom stereocenters. The molecule has 40 heavy (non-hydrogen) atoms. The number of nitrogens with one attached hydrogen (secondary N) is 1. The van der Waals surface area contributed by atoms with Gasteiger partial charge in [-0.15, -0.1) is 0 Å². The van der Waals surface area contributed by atoms with E-state index in [4.69, 9.17) is 18.9 Å². The van der Waals surface area contributed by atoms with Gasteiger partial charge in [0.05, 0.1) is 40.1 Å². The smallest absolute Gasteiger partial charge is 0.295 e. The maximum atomic E-state index is 13.5. The Kier molecular flexibility index (Phi) is 7.37. The van der Waals surface area contributed by atoms with Gasteiger partial charge in [-0.25, -0.2) is 0 Å². The van der Waals surface area contributed by atoms with Crippen molar-refractivity contribution >= 4 is 28.4 Å². The van der Waals surface area contributed by atoms with Crippen molar-refractivity contribution in [2.75, 3.05) is 35.0 Å². The summed E-state index contributed by atoms with van der Waals surface area (Å²) in [5.74, 6) is 0.436. The highest BCUT2D eigenvalue weighted by Gasteiger charge is 2.46. The molecule has 1 fully saturated rings. The number of amides is 1. The standard InChI is InChI=1S/C31H30N2O7/c1-37-21-7-5-6-19(14-21)29(34)27-28(18-8-11-25(39-3)26(15-18)40-4)33(31(36)30(27)35)13-12-20-17-32-24-10-9-22(38-2)16-23(20)24/h5-11,14-17,28,32,34H,12-13H2,1-4H3/t28-/m0/s1. The minimum absolute atomic E-state index is 0.00827. The Morgan fingerprint density at radius 2 is 1.62 bits per heavy atom. The Morgan fingerprint density at radius 3 is 2.35 bits per heavy atom. The average molecular weight is 543 g/mol. The van der Waals surface area contributed by atoms with Gasteiger partial charge in [-0.05, 0) is 60.0 Å². The zero-order valence-electron chi connectivity index (χ0n) is 22.7. The van der Waals surface area contributed by atoms with E-state index in [9.17, 15) is 14.7 Å². The van der Waals surface area contributed by atoms with E-state index >= 15 is 0 Å². The first-order chi connectivity index (χ1) is 19.4. The second-order valence-corrected chi connectivity index (χ2v) is 9.31. The monoisotopic (exact) mass is 542 g/mol. The van der Waals surface area contributed by atoms with Crippen molar-refractivity contribution in [3.63, 3.8) is 0 Å². The zero-order valence-corrected chi connectivity index (χ0v) is 22.7. The van der Waals surface area contributed by atoms with Crippen molar-refractivity contribution in [1.82, 2.24) is 9.88 Å². The van der Waals surface area contributed by atoms with Crippen LogP contribution >= 0.6 is 0 Å². The molecule has 2 N–H and O–H groups in total. The lowest BCUT2D eigenvalue weighted by atomic mass is 9.94. The number of aliphatic hydroxyl groups is 1. The van der Waals surface area contributed by atoms with Crippen LogP contribution in [0, 0.1) is 0 Å². The van der Waals surface area contributed by atoms with Crippen molar-refractivity contribution in [2.45, 2.75) is 12.5 Å². The van der Waals surface area contributed by atoms with Crippen molar-refractivity contribution < 1.29 is 33.6 Å². The fourth-order valence-electron chi connectivity index (χ4n) is 5.14. The molecule has 5 rings (SSSR count).